The van der Waals surface area contributed by atoms with Crippen LogP contribution < -0.4 is 11.1 Å². The van der Waals surface area contributed by atoms with Gasteiger partial charge in [0.15, 0.2) is 5.82 Å². The number of nitrogen functional groups attached to an aromatic ring is 1. The minimum Gasteiger partial charge on any atom is -0.368 e. The standard InChI is InChI=1S/C7H8N6/c8-7-9-3-1-5(12-7)11-6-2-4-10-13-6/h1-4H,(H4,8,9,10,11,12,13). The number of aromatic amines is 1. The molecule has 0 saturated carbocycles. The molecular formula is C7H8N6. The monoisotopic (exact) mass is 176 g/mol. The van der Waals surface area contributed by atoms with E-state index >= 15 is 0 Å². The Kier molecular flexibility index (Phi) is 1.79. The van der Waals surface area contributed by atoms with E-state index in [1.165, 1.54) is 0 Å². The number of H-pyrrole nitrogens is 1. The summed E-state index contributed by atoms with van der Waals surface area (Å²) < 4.78 is 0. The number of hydrogen-bond acceptors (Lipinski definition) is 5. The Hall–Kier alpha value is -2.11. The van der Waals surface area contributed by atoms with Gasteiger partial charge in [-0.1, -0.05) is 0 Å². The van der Waals surface area contributed by atoms with Crippen LogP contribution in [0.2, 0.25) is 0 Å². The van der Waals surface area contributed by atoms with E-state index in [0.717, 1.165) is 0 Å². The summed E-state index contributed by atoms with van der Waals surface area (Å²) in [5.74, 6) is 1.55. The van der Waals surface area contributed by atoms with Crippen LogP contribution >= 0.6 is 0 Å². The van der Waals surface area contributed by atoms with Crippen molar-refractivity contribution in [1.82, 2.24) is 20.2 Å². The van der Waals surface area contributed by atoms with Gasteiger partial charge in [0.25, 0.3) is 0 Å². The van der Waals surface area contributed by atoms with Crippen molar-refractivity contribution in [2.45, 2.75) is 0 Å². The number of nitrogens with zero attached hydrogens (tertiary/aromatic N) is 3. The molecule has 0 unspecified atom stereocenters. The van der Waals surface area contributed by atoms with E-state index < -0.39 is 0 Å². The molecule has 0 bridgehead atoms. The highest BCUT2D eigenvalue weighted by atomic mass is 15.2. The molecule has 0 aromatic carbocycles. The van der Waals surface area contributed by atoms with E-state index in [0.29, 0.717) is 11.6 Å². The summed E-state index contributed by atoms with van der Waals surface area (Å²) in [6, 6.07) is 3.50. The van der Waals surface area contributed by atoms with Crippen LogP contribution in [0.5, 0.6) is 0 Å². The highest BCUT2D eigenvalue weighted by Crippen LogP contribution is 2.09. The first kappa shape index (κ1) is 7.53. The van der Waals surface area contributed by atoms with Gasteiger partial charge in [0.1, 0.15) is 5.82 Å². The molecule has 0 spiro atoms. The van der Waals surface area contributed by atoms with E-state index in [9.17, 15) is 0 Å². The van der Waals surface area contributed by atoms with E-state index in [1.807, 2.05) is 0 Å². The smallest absolute Gasteiger partial charge is 0.221 e. The lowest BCUT2D eigenvalue weighted by Crippen LogP contribution is -1.98. The van der Waals surface area contributed by atoms with Crippen molar-refractivity contribution in [3.63, 3.8) is 0 Å². The maximum atomic E-state index is 5.40. The number of anilines is 3. The molecule has 4 N–H and O–H groups in total. The van der Waals surface area contributed by atoms with Gasteiger partial charge in [-0.15, -0.1) is 0 Å². The zero-order chi connectivity index (χ0) is 9.10. The van der Waals surface area contributed by atoms with Gasteiger partial charge < -0.3 is 11.1 Å². The second-order valence-corrected chi connectivity index (χ2v) is 2.38. The Morgan fingerprint density at radius 2 is 2.23 bits per heavy atom. The van der Waals surface area contributed by atoms with Crippen molar-refractivity contribution < 1.29 is 0 Å². The summed E-state index contributed by atoms with van der Waals surface area (Å²) >= 11 is 0. The third kappa shape index (κ3) is 1.73. The third-order valence-electron chi connectivity index (χ3n) is 1.43. The molecule has 2 rings (SSSR count). The summed E-state index contributed by atoms with van der Waals surface area (Å²) in [4.78, 5) is 7.72. The molecule has 0 atom stereocenters. The zero-order valence-electron chi connectivity index (χ0n) is 6.73. The molecule has 0 saturated heterocycles. The molecule has 0 amide bonds. The highest BCUT2D eigenvalue weighted by molar-refractivity contribution is 5.51. The van der Waals surface area contributed by atoms with Crippen molar-refractivity contribution in [1.29, 1.82) is 0 Å². The Bertz CT molecular complexity index is 382. The number of hydrogen-bond donors (Lipinski definition) is 3. The SMILES string of the molecule is Nc1nccc(Nc2cc[nH]n2)n1. The molecule has 0 radical (unpaired) electrons. The Morgan fingerprint density at radius 3 is 2.92 bits per heavy atom. The van der Waals surface area contributed by atoms with Crippen molar-refractivity contribution in [2.24, 2.45) is 0 Å². The van der Waals surface area contributed by atoms with Gasteiger partial charge in [-0.2, -0.15) is 10.1 Å². The number of rotatable bonds is 2. The maximum absolute atomic E-state index is 5.40. The molecule has 0 aliphatic heterocycles. The normalized spacial score (nSPS) is 9.85. The molecule has 0 aliphatic rings. The van der Waals surface area contributed by atoms with E-state index in [-0.39, 0.29) is 5.95 Å². The van der Waals surface area contributed by atoms with Crippen LogP contribution in [0.1, 0.15) is 0 Å². The molecule has 6 nitrogen and oxygen atoms in total. The molecule has 2 aromatic rings. The predicted molar refractivity (Wildman–Crippen MR) is 48.3 cm³/mol. The van der Waals surface area contributed by atoms with Gasteiger partial charge in [0.2, 0.25) is 5.95 Å². The van der Waals surface area contributed by atoms with Gasteiger partial charge in [-0.3, -0.25) is 5.10 Å². The van der Waals surface area contributed by atoms with Crippen LogP contribution in [0.3, 0.4) is 0 Å². The summed E-state index contributed by atoms with van der Waals surface area (Å²) in [6.07, 6.45) is 3.30. The summed E-state index contributed by atoms with van der Waals surface area (Å²) in [6.45, 7) is 0. The topological polar surface area (TPSA) is 92.5 Å². The number of nitrogens with two attached hydrogens (primary N) is 1. The van der Waals surface area contributed by atoms with E-state index in [2.05, 4.69) is 25.5 Å². The van der Waals surface area contributed by atoms with Crippen molar-refractivity contribution in [3.05, 3.63) is 24.5 Å². The van der Waals surface area contributed by atoms with Gasteiger partial charge >= 0.3 is 0 Å². The first-order valence-corrected chi connectivity index (χ1v) is 3.70. The fourth-order valence-electron chi connectivity index (χ4n) is 0.905. The molecule has 6 heteroatoms. The lowest BCUT2D eigenvalue weighted by Gasteiger charge is -2.00. The van der Waals surface area contributed by atoms with Crippen LogP contribution in [0.25, 0.3) is 0 Å². The Labute approximate surface area is 74.2 Å². The minimum atomic E-state index is 0.237. The van der Waals surface area contributed by atoms with Gasteiger partial charge in [0.05, 0.1) is 0 Å². The van der Waals surface area contributed by atoms with Crippen molar-refractivity contribution >= 4 is 17.6 Å². The Morgan fingerprint density at radius 1 is 1.31 bits per heavy atom. The molecule has 2 aromatic heterocycles. The van der Waals surface area contributed by atoms with Crippen molar-refractivity contribution in [2.75, 3.05) is 11.1 Å². The van der Waals surface area contributed by atoms with Gasteiger partial charge in [-0.25, -0.2) is 4.98 Å². The number of nitrogens with one attached hydrogen (secondary N) is 2. The third-order valence-corrected chi connectivity index (χ3v) is 1.43. The quantitative estimate of drug-likeness (QED) is 0.620. The van der Waals surface area contributed by atoms with Crippen LogP contribution in [0, 0.1) is 0 Å². The van der Waals surface area contributed by atoms with Gasteiger partial charge in [0, 0.05) is 18.5 Å². The second kappa shape index (κ2) is 3.10. The lowest BCUT2D eigenvalue weighted by atomic mass is 10.5. The van der Waals surface area contributed by atoms with Crippen LogP contribution in [-0.4, -0.2) is 20.2 Å². The molecule has 0 fully saturated rings. The summed E-state index contributed by atoms with van der Waals surface area (Å²) in [5.41, 5.74) is 5.40. The molecular weight excluding hydrogens is 168 g/mol. The molecule has 2 heterocycles. The molecule has 13 heavy (non-hydrogen) atoms. The summed E-state index contributed by atoms with van der Waals surface area (Å²) in [7, 11) is 0. The summed E-state index contributed by atoms with van der Waals surface area (Å²) in [5, 5.41) is 9.53. The highest BCUT2D eigenvalue weighted by Gasteiger charge is 1.97. The first-order valence-electron chi connectivity index (χ1n) is 3.70. The first-order chi connectivity index (χ1) is 6.34. The lowest BCUT2D eigenvalue weighted by molar-refractivity contribution is 1.09. The minimum absolute atomic E-state index is 0.237. The van der Waals surface area contributed by atoms with Crippen molar-refractivity contribution in [3.8, 4) is 0 Å². The van der Waals surface area contributed by atoms with E-state index in [1.54, 1.807) is 24.5 Å². The fourth-order valence-corrected chi connectivity index (χ4v) is 0.905. The van der Waals surface area contributed by atoms with E-state index in [4.69, 9.17) is 5.73 Å². The van der Waals surface area contributed by atoms with Gasteiger partial charge in [-0.05, 0) is 6.07 Å². The Balaban J connectivity index is 2.19. The largest absolute Gasteiger partial charge is 0.368 e. The second-order valence-electron chi connectivity index (χ2n) is 2.38. The molecule has 66 valence electrons. The van der Waals surface area contributed by atoms with Crippen LogP contribution in [0.4, 0.5) is 17.6 Å². The van der Waals surface area contributed by atoms with Crippen LogP contribution in [-0.2, 0) is 0 Å². The maximum Gasteiger partial charge on any atom is 0.221 e. The average molecular weight is 176 g/mol. The number of aromatic nitrogens is 4. The van der Waals surface area contributed by atoms with Crippen LogP contribution in [0.15, 0.2) is 24.5 Å². The fraction of sp³-hybridized carbons (Fsp3) is 0. The molecule has 0 aliphatic carbocycles. The average Bonchev–Trinajstić information content (AvgIpc) is 2.57. The predicted octanol–water partition coefficient (Wildman–Crippen LogP) is 0.525. The zero-order valence-corrected chi connectivity index (χ0v) is 6.73.